The highest BCUT2D eigenvalue weighted by atomic mass is 19.1. The van der Waals surface area contributed by atoms with Crippen molar-refractivity contribution in [2.75, 3.05) is 24.1 Å². The molecular weight excluding hydrogens is 391 g/mol. The highest BCUT2D eigenvalue weighted by Crippen LogP contribution is 2.27. The SMILES string of the molecule is Nc1cc(NC2CCCCC2)c(F)cc1C(=O)NCC(=O)N1CCCCC1C(=O)O. The number of nitrogens with two attached hydrogens (primary N) is 1. The second-order valence-electron chi connectivity index (χ2n) is 8.02. The third-order valence-electron chi connectivity index (χ3n) is 5.86. The fourth-order valence-corrected chi connectivity index (χ4v) is 4.20. The van der Waals surface area contributed by atoms with Gasteiger partial charge in [-0.3, -0.25) is 9.59 Å². The number of hydrogen-bond acceptors (Lipinski definition) is 5. The van der Waals surface area contributed by atoms with Crippen molar-refractivity contribution in [2.24, 2.45) is 0 Å². The van der Waals surface area contributed by atoms with Gasteiger partial charge in [-0.15, -0.1) is 0 Å². The summed E-state index contributed by atoms with van der Waals surface area (Å²) in [6.45, 7) is -0.0320. The lowest BCUT2D eigenvalue weighted by Gasteiger charge is -2.33. The standard InChI is InChI=1S/C21H29FN4O4/c22-15-10-14(16(23)11-17(15)25-13-6-2-1-3-7-13)20(28)24-12-19(27)26-9-5-4-8-18(26)21(29)30/h10-11,13,18,25H,1-9,12,23H2,(H,24,28)(H,29,30). The number of hydrogen-bond donors (Lipinski definition) is 4. The molecule has 1 aromatic rings. The number of nitrogens with one attached hydrogen (secondary N) is 2. The molecule has 1 saturated carbocycles. The van der Waals surface area contributed by atoms with Crippen LogP contribution < -0.4 is 16.4 Å². The average Bonchev–Trinajstić information content (AvgIpc) is 2.74. The van der Waals surface area contributed by atoms with Crippen molar-refractivity contribution in [3.8, 4) is 0 Å². The summed E-state index contributed by atoms with van der Waals surface area (Å²) in [5.41, 5.74) is 6.29. The second kappa shape index (κ2) is 9.77. The molecule has 0 aromatic heterocycles. The van der Waals surface area contributed by atoms with Crippen LogP contribution in [0.1, 0.15) is 61.7 Å². The van der Waals surface area contributed by atoms with Gasteiger partial charge in [-0.1, -0.05) is 19.3 Å². The Kier molecular flexibility index (Phi) is 7.12. The topological polar surface area (TPSA) is 125 Å². The summed E-state index contributed by atoms with van der Waals surface area (Å²) in [6.07, 6.45) is 7.18. The van der Waals surface area contributed by atoms with Gasteiger partial charge >= 0.3 is 5.97 Å². The molecule has 8 nitrogen and oxygen atoms in total. The van der Waals surface area contributed by atoms with Crippen molar-refractivity contribution < 1.29 is 23.9 Å². The number of piperidine rings is 1. The van der Waals surface area contributed by atoms with E-state index in [1.807, 2.05) is 0 Å². The molecule has 1 aliphatic heterocycles. The number of nitrogen functional groups attached to an aromatic ring is 1. The lowest BCUT2D eigenvalue weighted by molar-refractivity contribution is -0.151. The van der Waals surface area contributed by atoms with E-state index in [9.17, 15) is 23.9 Å². The zero-order valence-corrected chi connectivity index (χ0v) is 17.0. The number of nitrogens with zero attached hydrogens (tertiary/aromatic N) is 1. The molecule has 30 heavy (non-hydrogen) atoms. The van der Waals surface area contributed by atoms with Crippen LogP contribution in [0, 0.1) is 5.82 Å². The Labute approximate surface area is 175 Å². The van der Waals surface area contributed by atoms with Gasteiger partial charge in [-0.25, -0.2) is 9.18 Å². The van der Waals surface area contributed by atoms with Crippen molar-refractivity contribution in [3.63, 3.8) is 0 Å². The van der Waals surface area contributed by atoms with Crippen LogP contribution in [0.15, 0.2) is 12.1 Å². The molecule has 1 aromatic carbocycles. The van der Waals surface area contributed by atoms with Gasteiger partial charge in [0.25, 0.3) is 5.91 Å². The van der Waals surface area contributed by atoms with Crippen LogP contribution in [0.5, 0.6) is 0 Å². The van der Waals surface area contributed by atoms with Crippen molar-refractivity contribution in [2.45, 2.75) is 63.5 Å². The molecule has 0 radical (unpaired) electrons. The molecular formula is C21H29FN4O4. The number of aliphatic carboxylic acids is 1. The number of rotatable bonds is 6. The van der Waals surface area contributed by atoms with Gasteiger partial charge in [0.1, 0.15) is 11.9 Å². The first kappa shape index (κ1) is 21.9. The minimum absolute atomic E-state index is 0.0528. The Balaban J connectivity index is 1.61. The summed E-state index contributed by atoms with van der Waals surface area (Å²) in [7, 11) is 0. The Hall–Kier alpha value is -2.84. The zero-order valence-electron chi connectivity index (χ0n) is 17.0. The predicted octanol–water partition coefficient (Wildman–Crippen LogP) is 2.35. The number of benzene rings is 1. The maximum Gasteiger partial charge on any atom is 0.326 e. The average molecular weight is 420 g/mol. The number of likely N-dealkylation sites (tertiary alicyclic amines) is 1. The molecule has 3 rings (SSSR count). The van der Waals surface area contributed by atoms with Crippen molar-refractivity contribution >= 4 is 29.2 Å². The van der Waals surface area contributed by atoms with E-state index in [-0.39, 0.29) is 29.5 Å². The molecule has 2 aliphatic rings. The minimum atomic E-state index is -1.05. The van der Waals surface area contributed by atoms with E-state index in [1.54, 1.807) is 0 Å². The van der Waals surface area contributed by atoms with E-state index >= 15 is 0 Å². The highest BCUT2D eigenvalue weighted by molar-refractivity contribution is 6.01. The molecule has 2 amide bonds. The monoisotopic (exact) mass is 420 g/mol. The van der Waals surface area contributed by atoms with Gasteiger partial charge in [-0.2, -0.15) is 0 Å². The minimum Gasteiger partial charge on any atom is -0.480 e. The zero-order chi connectivity index (χ0) is 21.7. The van der Waals surface area contributed by atoms with Crippen LogP contribution in [0.25, 0.3) is 0 Å². The van der Waals surface area contributed by atoms with Crippen molar-refractivity contribution in [1.82, 2.24) is 10.2 Å². The number of carboxylic acid groups (broad SMARTS) is 1. The van der Waals surface area contributed by atoms with E-state index < -0.39 is 29.6 Å². The van der Waals surface area contributed by atoms with E-state index in [0.717, 1.165) is 44.6 Å². The number of carbonyl (C=O) groups is 3. The second-order valence-corrected chi connectivity index (χ2v) is 8.02. The summed E-state index contributed by atoms with van der Waals surface area (Å²) in [5.74, 6) is -2.78. The van der Waals surface area contributed by atoms with Crippen LogP contribution in [-0.2, 0) is 9.59 Å². The van der Waals surface area contributed by atoms with Crippen LogP contribution in [-0.4, -0.2) is 53.0 Å². The van der Waals surface area contributed by atoms with Crippen molar-refractivity contribution in [3.05, 3.63) is 23.5 Å². The lowest BCUT2D eigenvalue weighted by Crippen LogP contribution is -2.51. The molecule has 2 fully saturated rings. The van der Waals surface area contributed by atoms with E-state index in [0.29, 0.717) is 13.0 Å². The quantitative estimate of drug-likeness (QED) is 0.524. The van der Waals surface area contributed by atoms with Gasteiger partial charge < -0.3 is 26.4 Å². The van der Waals surface area contributed by atoms with E-state index in [1.165, 1.54) is 17.4 Å². The summed E-state index contributed by atoms with van der Waals surface area (Å²) >= 11 is 0. The molecule has 1 saturated heterocycles. The van der Waals surface area contributed by atoms with Gasteiger partial charge in [0.15, 0.2) is 0 Å². The van der Waals surface area contributed by atoms with Gasteiger partial charge in [0.2, 0.25) is 5.91 Å². The maximum atomic E-state index is 14.5. The summed E-state index contributed by atoms with van der Waals surface area (Å²) in [5, 5.41) is 14.9. The molecule has 0 bridgehead atoms. The Morgan fingerprint density at radius 1 is 1.10 bits per heavy atom. The smallest absolute Gasteiger partial charge is 0.326 e. The molecule has 9 heteroatoms. The van der Waals surface area contributed by atoms with Gasteiger partial charge in [0.05, 0.1) is 17.8 Å². The Morgan fingerprint density at radius 3 is 2.50 bits per heavy atom. The number of carbonyl (C=O) groups excluding carboxylic acids is 2. The van der Waals surface area contributed by atoms with Crippen LogP contribution >= 0.6 is 0 Å². The summed E-state index contributed by atoms with van der Waals surface area (Å²) in [6, 6.07) is 1.79. The first-order chi connectivity index (χ1) is 14.4. The molecule has 1 unspecified atom stereocenters. The van der Waals surface area contributed by atoms with E-state index in [2.05, 4.69) is 10.6 Å². The number of amides is 2. The van der Waals surface area contributed by atoms with E-state index in [4.69, 9.17) is 5.73 Å². The third kappa shape index (κ3) is 5.20. The predicted molar refractivity (Wildman–Crippen MR) is 111 cm³/mol. The largest absolute Gasteiger partial charge is 0.480 e. The Bertz CT molecular complexity index is 810. The molecule has 1 heterocycles. The fourth-order valence-electron chi connectivity index (χ4n) is 4.20. The highest BCUT2D eigenvalue weighted by Gasteiger charge is 2.32. The lowest BCUT2D eigenvalue weighted by atomic mass is 9.95. The fraction of sp³-hybridized carbons (Fsp3) is 0.571. The van der Waals surface area contributed by atoms with Gasteiger partial charge in [0, 0.05) is 18.3 Å². The summed E-state index contributed by atoms with van der Waals surface area (Å²) < 4.78 is 14.5. The van der Waals surface area contributed by atoms with Crippen molar-refractivity contribution in [1.29, 1.82) is 0 Å². The van der Waals surface area contributed by atoms with Crippen LogP contribution in [0.4, 0.5) is 15.8 Å². The van der Waals surface area contributed by atoms with Gasteiger partial charge in [-0.05, 0) is 44.2 Å². The van der Waals surface area contributed by atoms with Crippen LogP contribution in [0.3, 0.4) is 0 Å². The first-order valence-electron chi connectivity index (χ1n) is 10.5. The maximum absolute atomic E-state index is 14.5. The molecule has 5 N–H and O–H groups in total. The molecule has 164 valence electrons. The molecule has 1 aliphatic carbocycles. The normalized spacial score (nSPS) is 19.9. The third-order valence-corrected chi connectivity index (χ3v) is 5.86. The molecule has 1 atom stereocenters. The Morgan fingerprint density at radius 2 is 1.80 bits per heavy atom. The molecule has 0 spiro atoms. The number of anilines is 2. The summed E-state index contributed by atoms with van der Waals surface area (Å²) in [4.78, 5) is 37.5. The van der Waals surface area contributed by atoms with Crippen LogP contribution in [0.2, 0.25) is 0 Å². The first-order valence-corrected chi connectivity index (χ1v) is 10.5. The number of carboxylic acids is 1. The number of halogens is 1.